The van der Waals surface area contributed by atoms with E-state index < -0.39 is 18.6 Å². The summed E-state index contributed by atoms with van der Waals surface area (Å²) >= 11 is 0. The minimum atomic E-state index is -2.91. The van der Waals surface area contributed by atoms with Crippen LogP contribution in [0.15, 0.2) is 54.9 Å². The average Bonchev–Trinajstić information content (AvgIpc) is 3.13. The van der Waals surface area contributed by atoms with E-state index in [4.69, 9.17) is 0 Å². The van der Waals surface area contributed by atoms with Gasteiger partial charge in [-0.1, -0.05) is 24.3 Å². The number of imidazole rings is 1. The Hall–Kier alpha value is -4.08. The molecule has 2 heterocycles. The van der Waals surface area contributed by atoms with Crippen LogP contribution in [0.25, 0.3) is 22.2 Å². The van der Waals surface area contributed by atoms with Gasteiger partial charge in [-0.05, 0) is 37.6 Å². The van der Waals surface area contributed by atoms with E-state index in [0.717, 1.165) is 28.0 Å². The molecule has 0 amide bonds. The van der Waals surface area contributed by atoms with Crippen LogP contribution in [-0.2, 0) is 11.3 Å². The second-order valence-electron chi connectivity index (χ2n) is 7.83. The van der Waals surface area contributed by atoms with Crippen molar-refractivity contribution in [2.45, 2.75) is 33.0 Å². The normalized spacial score (nSPS) is 12.2. The van der Waals surface area contributed by atoms with Crippen molar-refractivity contribution >= 4 is 23.0 Å². The summed E-state index contributed by atoms with van der Waals surface area (Å²) in [5.74, 6) is 0.189. The van der Waals surface area contributed by atoms with Crippen molar-refractivity contribution in [2.75, 3.05) is 11.9 Å². The van der Waals surface area contributed by atoms with Crippen LogP contribution in [-0.4, -0.2) is 50.3 Å². The van der Waals surface area contributed by atoms with Gasteiger partial charge in [-0.2, -0.15) is 8.78 Å². The molecule has 1 atom stereocenters. The minimum Gasteiger partial charge on any atom is -0.480 e. The number of nitrogens with zero attached hydrogens (tertiary/aromatic N) is 5. The molecule has 0 aliphatic heterocycles. The largest absolute Gasteiger partial charge is 0.480 e. The van der Waals surface area contributed by atoms with Gasteiger partial charge >= 0.3 is 12.6 Å². The molecule has 0 spiro atoms. The molecule has 0 bridgehead atoms. The van der Waals surface area contributed by atoms with E-state index in [1.54, 1.807) is 44.6 Å². The number of halogens is 2. The molecule has 0 saturated carbocycles. The first-order valence-corrected chi connectivity index (χ1v) is 10.5. The van der Waals surface area contributed by atoms with Crippen LogP contribution in [0.1, 0.15) is 18.3 Å². The van der Waals surface area contributed by atoms with Gasteiger partial charge < -0.3 is 19.3 Å². The van der Waals surface area contributed by atoms with Crippen LogP contribution in [0.4, 0.5) is 14.7 Å². The molecular formula is C24H23F2N5O3. The van der Waals surface area contributed by atoms with E-state index in [-0.39, 0.29) is 5.75 Å². The van der Waals surface area contributed by atoms with E-state index in [9.17, 15) is 18.7 Å². The standard InChI is InChI=1S/C24H23F2N5O3/c1-14(22(32)33)30(3)24-27-11-18(12-28-24)16-8-9-19-20(10-16)31(15(2)29-19)13-17-6-4-5-7-21(17)34-23(25)26/h4-12,14,23H,13H2,1-3H3,(H,32,33)/t14-/m0/s1. The third-order valence-corrected chi connectivity index (χ3v) is 5.68. The lowest BCUT2D eigenvalue weighted by Crippen LogP contribution is -2.36. The molecule has 2 aromatic heterocycles. The number of ether oxygens (including phenoxy) is 1. The van der Waals surface area contributed by atoms with Crippen LogP contribution < -0.4 is 9.64 Å². The average molecular weight is 467 g/mol. The highest BCUT2D eigenvalue weighted by Crippen LogP contribution is 2.28. The summed E-state index contributed by atoms with van der Waals surface area (Å²) in [5, 5.41) is 9.19. The molecule has 0 unspecified atom stereocenters. The van der Waals surface area contributed by atoms with E-state index >= 15 is 0 Å². The number of benzene rings is 2. The van der Waals surface area contributed by atoms with Gasteiger partial charge in [-0.25, -0.2) is 19.7 Å². The number of fused-ring (bicyclic) bond motifs is 1. The predicted octanol–water partition coefficient (Wildman–Crippen LogP) is 4.36. The Labute approximate surface area is 194 Å². The summed E-state index contributed by atoms with van der Waals surface area (Å²) in [6.07, 6.45) is 3.27. The number of hydrogen-bond donors (Lipinski definition) is 1. The lowest BCUT2D eigenvalue weighted by molar-refractivity contribution is -0.138. The highest BCUT2D eigenvalue weighted by Gasteiger charge is 2.19. The van der Waals surface area contributed by atoms with Gasteiger partial charge in [-0.15, -0.1) is 0 Å². The summed E-state index contributed by atoms with van der Waals surface area (Å²) in [7, 11) is 1.62. The highest BCUT2D eigenvalue weighted by molar-refractivity contribution is 5.82. The third kappa shape index (κ3) is 4.66. The van der Waals surface area contributed by atoms with Gasteiger partial charge in [0.2, 0.25) is 5.95 Å². The number of carboxylic acids is 1. The maximum absolute atomic E-state index is 12.8. The Morgan fingerprint density at radius 3 is 2.53 bits per heavy atom. The number of para-hydroxylation sites is 1. The number of carbonyl (C=O) groups is 1. The van der Waals surface area contributed by atoms with Crippen molar-refractivity contribution < 1.29 is 23.4 Å². The summed E-state index contributed by atoms with van der Waals surface area (Å²) in [5.41, 5.74) is 3.78. The van der Waals surface area contributed by atoms with Gasteiger partial charge in [0, 0.05) is 30.6 Å². The van der Waals surface area contributed by atoms with E-state index in [1.165, 1.54) is 11.0 Å². The molecule has 176 valence electrons. The Bertz CT molecular complexity index is 1320. The maximum atomic E-state index is 12.8. The SMILES string of the molecule is Cc1nc2ccc(-c3cnc(N(C)[C@@H](C)C(=O)O)nc3)cc2n1Cc1ccccc1OC(F)F. The van der Waals surface area contributed by atoms with E-state index in [1.807, 2.05) is 29.7 Å². The smallest absolute Gasteiger partial charge is 0.387 e. The number of hydrogen-bond acceptors (Lipinski definition) is 6. The van der Waals surface area contributed by atoms with Gasteiger partial charge in [0.1, 0.15) is 17.6 Å². The fourth-order valence-electron chi connectivity index (χ4n) is 3.63. The molecule has 10 heteroatoms. The first-order valence-electron chi connectivity index (χ1n) is 10.5. The van der Waals surface area contributed by atoms with Crippen molar-refractivity contribution in [2.24, 2.45) is 0 Å². The molecule has 0 aliphatic rings. The zero-order valence-corrected chi connectivity index (χ0v) is 18.8. The van der Waals surface area contributed by atoms with Gasteiger partial charge in [0.15, 0.2) is 0 Å². The van der Waals surface area contributed by atoms with Crippen molar-refractivity contribution in [3.8, 4) is 16.9 Å². The zero-order chi connectivity index (χ0) is 24.4. The van der Waals surface area contributed by atoms with Gasteiger partial charge in [-0.3, -0.25) is 0 Å². The monoisotopic (exact) mass is 467 g/mol. The van der Waals surface area contributed by atoms with Crippen molar-refractivity contribution in [3.63, 3.8) is 0 Å². The Kier molecular flexibility index (Phi) is 6.40. The topological polar surface area (TPSA) is 93.4 Å². The number of rotatable bonds is 8. The fraction of sp³-hybridized carbons (Fsp3) is 0.250. The predicted molar refractivity (Wildman–Crippen MR) is 123 cm³/mol. The summed E-state index contributed by atoms with van der Waals surface area (Å²) in [6.45, 7) is 0.811. The van der Waals surface area contributed by atoms with Crippen LogP contribution in [0.3, 0.4) is 0 Å². The molecule has 4 aromatic rings. The van der Waals surface area contributed by atoms with Crippen LogP contribution in [0, 0.1) is 6.92 Å². The number of carboxylic acid groups (broad SMARTS) is 1. The Morgan fingerprint density at radius 2 is 1.85 bits per heavy atom. The minimum absolute atomic E-state index is 0.124. The molecule has 0 fully saturated rings. The molecule has 8 nitrogen and oxygen atoms in total. The number of alkyl halides is 2. The molecule has 4 rings (SSSR count). The van der Waals surface area contributed by atoms with Crippen LogP contribution in [0.5, 0.6) is 5.75 Å². The quantitative estimate of drug-likeness (QED) is 0.412. The van der Waals surface area contributed by atoms with E-state index in [2.05, 4.69) is 19.7 Å². The number of aryl methyl sites for hydroxylation is 1. The molecule has 1 N–H and O–H groups in total. The number of aliphatic carboxylic acids is 1. The van der Waals surface area contributed by atoms with Gasteiger partial charge in [0.25, 0.3) is 0 Å². The molecule has 2 aromatic carbocycles. The Morgan fingerprint density at radius 1 is 1.15 bits per heavy atom. The molecule has 0 aliphatic carbocycles. The second kappa shape index (κ2) is 9.42. The van der Waals surface area contributed by atoms with Crippen LogP contribution >= 0.6 is 0 Å². The number of aromatic nitrogens is 4. The summed E-state index contributed by atoms with van der Waals surface area (Å²) < 4.78 is 32.3. The molecule has 0 saturated heterocycles. The van der Waals surface area contributed by atoms with Crippen molar-refractivity contribution in [3.05, 3.63) is 66.2 Å². The third-order valence-electron chi connectivity index (χ3n) is 5.68. The lowest BCUT2D eigenvalue weighted by Gasteiger charge is -2.21. The summed E-state index contributed by atoms with van der Waals surface area (Å²) in [6, 6.07) is 11.6. The Balaban J connectivity index is 1.67. The fourth-order valence-corrected chi connectivity index (χ4v) is 3.63. The van der Waals surface area contributed by atoms with Crippen molar-refractivity contribution in [1.29, 1.82) is 0 Å². The summed E-state index contributed by atoms with van der Waals surface area (Å²) in [4.78, 5) is 25.9. The number of anilines is 1. The number of likely N-dealkylation sites (N-methyl/N-ethyl adjacent to an activating group) is 1. The zero-order valence-electron chi connectivity index (χ0n) is 18.8. The first kappa shape index (κ1) is 23.1. The lowest BCUT2D eigenvalue weighted by atomic mass is 10.1. The molecular weight excluding hydrogens is 444 g/mol. The highest BCUT2D eigenvalue weighted by atomic mass is 19.3. The second-order valence-corrected chi connectivity index (χ2v) is 7.83. The van der Waals surface area contributed by atoms with E-state index in [0.29, 0.717) is 18.1 Å². The maximum Gasteiger partial charge on any atom is 0.387 e. The van der Waals surface area contributed by atoms with Crippen molar-refractivity contribution in [1.82, 2.24) is 19.5 Å². The first-order chi connectivity index (χ1) is 16.2. The van der Waals surface area contributed by atoms with Gasteiger partial charge in [0.05, 0.1) is 17.6 Å². The van der Waals surface area contributed by atoms with Crippen LogP contribution in [0.2, 0.25) is 0 Å². The molecule has 0 radical (unpaired) electrons. The molecule has 34 heavy (non-hydrogen) atoms.